The van der Waals surface area contributed by atoms with Crippen molar-refractivity contribution in [2.45, 2.75) is 31.4 Å². The first-order valence-corrected chi connectivity index (χ1v) is 9.96. The maximum atomic E-state index is 13.3. The van der Waals surface area contributed by atoms with Crippen LogP contribution in [0.2, 0.25) is 0 Å². The summed E-state index contributed by atoms with van der Waals surface area (Å²) >= 11 is 0. The zero-order chi connectivity index (χ0) is 19.8. The van der Waals surface area contributed by atoms with Gasteiger partial charge in [0.25, 0.3) is 5.65 Å². The molecular weight excluding hydrogens is 396 g/mol. The van der Waals surface area contributed by atoms with Gasteiger partial charge in [-0.15, -0.1) is 0 Å². The highest BCUT2D eigenvalue weighted by Gasteiger charge is 2.52. The number of hydrogen-bond donors (Lipinski definition) is 0. The quantitative estimate of drug-likeness (QED) is 0.363. The Morgan fingerprint density at radius 3 is 2.27 bits per heavy atom. The van der Waals surface area contributed by atoms with E-state index in [0.717, 1.165) is 16.8 Å². The second-order valence-corrected chi connectivity index (χ2v) is 7.79. The summed E-state index contributed by atoms with van der Waals surface area (Å²) in [6, 6.07) is 24.2. The number of benzene rings is 2. The lowest BCUT2D eigenvalue weighted by Gasteiger charge is -2.26. The zero-order valence-corrected chi connectivity index (χ0v) is 17.5. The van der Waals surface area contributed by atoms with E-state index in [4.69, 9.17) is 4.74 Å². The molecule has 4 nitrogen and oxygen atoms in total. The highest BCUT2D eigenvalue weighted by molar-refractivity contribution is 5.89. The van der Waals surface area contributed by atoms with Crippen LogP contribution in [0, 0.1) is 6.92 Å². The number of esters is 1. The summed E-state index contributed by atoms with van der Waals surface area (Å²) in [6.45, 7) is 2.72. The van der Waals surface area contributed by atoms with Gasteiger partial charge >= 0.3 is 5.97 Å². The van der Waals surface area contributed by atoms with E-state index < -0.39 is 5.41 Å². The van der Waals surface area contributed by atoms with Gasteiger partial charge in [-0.1, -0.05) is 60.7 Å². The fraction of sp³-hybridized carbons (Fsp3) is 0.200. The molecule has 1 atom stereocenters. The maximum absolute atomic E-state index is 13.3. The Kier molecular flexibility index (Phi) is 5.35. The van der Waals surface area contributed by atoms with Crippen molar-refractivity contribution >= 4 is 11.6 Å². The number of hydrogen-bond acceptors (Lipinski definition) is 2. The van der Waals surface area contributed by atoms with E-state index in [2.05, 4.69) is 34.2 Å². The minimum Gasteiger partial charge on any atom is -1.00 e. The second kappa shape index (κ2) is 7.96. The lowest BCUT2D eigenvalue weighted by atomic mass is 9.72. The van der Waals surface area contributed by atoms with E-state index in [1.807, 2.05) is 73.1 Å². The van der Waals surface area contributed by atoms with E-state index in [0.29, 0.717) is 13.0 Å². The van der Waals surface area contributed by atoms with Crippen LogP contribution in [0.15, 0.2) is 91.4 Å². The summed E-state index contributed by atoms with van der Waals surface area (Å²) in [5.41, 5.74) is 3.51. The van der Waals surface area contributed by atoms with Gasteiger partial charge in [0.1, 0.15) is 30.5 Å². The number of pyridine rings is 1. The molecule has 0 N–H and O–H groups in total. The summed E-state index contributed by atoms with van der Waals surface area (Å²) in [5, 5.41) is 0. The third-order valence-corrected chi connectivity index (χ3v) is 5.91. The SMILES string of the molecule is Cc1ccn2cc[n+](CC3CC(c4ccccc4)(c4ccccc4)C(=O)O3)c2c1.[Cl-]. The van der Waals surface area contributed by atoms with Crippen LogP contribution >= 0.6 is 0 Å². The van der Waals surface area contributed by atoms with Crippen molar-refractivity contribution in [2.75, 3.05) is 0 Å². The molecule has 152 valence electrons. The molecule has 1 fully saturated rings. The number of carbonyl (C=O) groups excluding carboxylic acids is 1. The molecule has 0 spiro atoms. The highest BCUT2D eigenvalue weighted by Crippen LogP contribution is 2.43. The van der Waals surface area contributed by atoms with Gasteiger partial charge in [0.05, 0.1) is 6.20 Å². The summed E-state index contributed by atoms with van der Waals surface area (Å²) in [4.78, 5) is 13.3. The van der Waals surface area contributed by atoms with Crippen molar-refractivity contribution in [2.24, 2.45) is 0 Å². The van der Waals surface area contributed by atoms with Gasteiger partial charge in [0.15, 0.2) is 0 Å². The van der Waals surface area contributed by atoms with Crippen LogP contribution in [0.3, 0.4) is 0 Å². The minimum atomic E-state index is -0.765. The Hall–Kier alpha value is -3.11. The van der Waals surface area contributed by atoms with E-state index in [1.54, 1.807) is 0 Å². The molecule has 1 aliphatic heterocycles. The molecule has 0 radical (unpaired) electrons. The number of halogens is 1. The summed E-state index contributed by atoms with van der Waals surface area (Å²) < 4.78 is 10.2. The third kappa shape index (κ3) is 3.27. The van der Waals surface area contributed by atoms with E-state index in [9.17, 15) is 4.79 Å². The number of ether oxygens (including phenoxy) is 1. The van der Waals surface area contributed by atoms with Crippen LogP contribution in [-0.2, 0) is 21.5 Å². The zero-order valence-electron chi connectivity index (χ0n) is 16.7. The Labute approximate surface area is 182 Å². The second-order valence-electron chi connectivity index (χ2n) is 7.79. The van der Waals surface area contributed by atoms with Crippen LogP contribution in [0.4, 0.5) is 0 Å². The Balaban J connectivity index is 0.00000218. The summed E-state index contributed by atoms with van der Waals surface area (Å²) in [6.07, 6.45) is 6.57. The van der Waals surface area contributed by atoms with Crippen LogP contribution in [0.5, 0.6) is 0 Å². The molecule has 2 aromatic heterocycles. The minimum absolute atomic E-state index is 0. The monoisotopic (exact) mass is 418 g/mol. The molecule has 5 rings (SSSR count). The van der Waals surface area contributed by atoms with Gasteiger partial charge in [-0.2, -0.15) is 0 Å². The van der Waals surface area contributed by atoms with Gasteiger partial charge in [-0.05, 0) is 29.7 Å². The summed E-state index contributed by atoms with van der Waals surface area (Å²) in [7, 11) is 0. The van der Waals surface area contributed by atoms with Crippen LogP contribution < -0.4 is 17.0 Å². The first kappa shape index (κ1) is 20.2. The van der Waals surface area contributed by atoms with Gasteiger partial charge < -0.3 is 17.1 Å². The van der Waals surface area contributed by atoms with Crippen LogP contribution in [0.1, 0.15) is 23.1 Å². The van der Waals surface area contributed by atoms with Crippen molar-refractivity contribution < 1.29 is 26.5 Å². The number of imidazole rings is 1. The van der Waals surface area contributed by atoms with Gasteiger partial charge in [0.2, 0.25) is 0 Å². The predicted octanol–water partition coefficient (Wildman–Crippen LogP) is 0.841. The number of fused-ring (bicyclic) bond motifs is 1. The largest absolute Gasteiger partial charge is 1.00 e. The Morgan fingerprint density at radius 2 is 1.63 bits per heavy atom. The van der Waals surface area contributed by atoms with Crippen LogP contribution in [0.25, 0.3) is 5.65 Å². The number of aryl methyl sites for hydroxylation is 1. The van der Waals surface area contributed by atoms with Gasteiger partial charge in [-0.25, -0.2) is 8.97 Å². The molecule has 4 aromatic rings. The molecule has 0 bridgehead atoms. The van der Waals surface area contributed by atoms with Crippen molar-refractivity contribution in [1.82, 2.24) is 4.40 Å². The predicted molar refractivity (Wildman–Crippen MR) is 110 cm³/mol. The number of cyclic esters (lactones) is 1. The molecule has 1 unspecified atom stereocenters. The molecule has 1 saturated heterocycles. The average molecular weight is 419 g/mol. The Morgan fingerprint density at radius 1 is 1.00 bits per heavy atom. The van der Waals surface area contributed by atoms with Gasteiger partial charge in [0, 0.05) is 12.5 Å². The molecule has 0 saturated carbocycles. The molecule has 3 heterocycles. The number of nitrogens with zero attached hydrogens (tertiary/aromatic N) is 2. The normalized spacial score (nSPS) is 17.5. The number of carbonyl (C=O) groups is 1. The number of rotatable bonds is 4. The lowest BCUT2D eigenvalue weighted by Crippen LogP contribution is -3.00. The highest BCUT2D eigenvalue weighted by atomic mass is 35.5. The van der Waals surface area contributed by atoms with Crippen molar-refractivity contribution in [3.05, 3.63) is 108 Å². The average Bonchev–Trinajstić information content (AvgIpc) is 3.30. The maximum Gasteiger partial charge on any atom is 0.321 e. The lowest BCUT2D eigenvalue weighted by molar-refractivity contribution is -0.677. The van der Waals surface area contributed by atoms with E-state index in [1.165, 1.54) is 5.56 Å². The fourth-order valence-electron chi connectivity index (χ4n) is 4.46. The first-order chi connectivity index (χ1) is 14.2. The van der Waals surface area contributed by atoms with Crippen molar-refractivity contribution in [3.8, 4) is 0 Å². The molecule has 2 aromatic carbocycles. The van der Waals surface area contributed by atoms with Crippen molar-refractivity contribution in [3.63, 3.8) is 0 Å². The standard InChI is InChI=1S/C25H23N2O2.ClH/c1-19-12-13-26-14-15-27(23(26)16-19)18-22-17-25(24(28)29-22,20-8-4-2-5-9-20)21-10-6-3-7-11-21;/h2-16,22H,17-18H2,1H3;1H/q+1;/p-1. The Bertz CT molecular complexity index is 1130. The first-order valence-electron chi connectivity index (χ1n) is 9.96. The molecule has 0 amide bonds. The molecule has 0 aliphatic carbocycles. The van der Waals surface area contributed by atoms with Gasteiger partial charge in [-0.3, -0.25) is 4.79 Å². The topological polar surface area (TPSA) is 34.6 Å². The third-order valence-electron chi connectivity index (χ3n) is 5.91. The van der Waals surface area contributed by atoms with Crippen LogP contribution in [-0.4, -0.2) is 16.5 Å². The van der Waals surface area contributed by atoms with E-state index in [-0.39, 0.29) is 24.5 Å². The smallest absolute Gasteiger partial charge is 0.321 e. The molecule has 30 heavy (non-hydrogen) atoms. The molecular formula is C25H23ClN2O2. The fourth-order valence-corrected chi connectivity index (χ4v) is 4.46. The number of aromatic nitrogens is 2. The summed E-state index contributed by atoms with van der Waals surface area (Å²) in [5.74, 6) is -0.166. The molecule has 1 aliphatic rings. The van der Waals surface area contributed by atoms with Crippen molar-refractivity contribution in [1.29, 1.82) is 0 Å². The molecule has 5 heteroatoms. The van der Waals surface area contributed by atoms with E-state index >= 15 is 0 Å².